The van der Waals surface area contributed by atoms with Crippen LogP contribution in [-0.2, 0) is 9.53 Å². The van der Waals surface area contributed by atoms with Gasteiger partial charge in [0.05, 0.1) is 6.04 Å². The molecule has 0 bridgehead atoms. The summed E-state index contributed by atoms with van der Waals surface area (Å²) in [5.74, 6) is 0.383. The van der Waals surface area contributed by atoms with Gasteiger partial charge in [0.2, 0.25) is 0 Å². The van der Waals surface area contributed by atoms with E-state index in [9.17, 15) is 9.59 Å². The van der Waals surface area contributed by atoms with Gasteiger partial charge in [-0.05, 0) is 39.5 Å². The molecule has 0 spiro atoms. The van der Waals surface area contributed by atoms with E-state index in [0.717, 1.165) is 6.42 Å². The highest BCUT2D eigenvalue weighted by Gasteiger charge is 2.27. The Morgan fingerprint density at radius 3 is 2.05 bits per heavy atom. The van der Waals surface area contributed by atoms with Crippen LogP contribution in [0.3, 0.4) is 0 Å². The number of carbonyl (C=O) groups is 2. The summed E-state index contributed by atoms with van der Waals surface area (Å²) in [7, 11) is 0. The van der Waals surface area contributed by atoms with Gasteiger partial charge in [0.15, 0.2) is 5.78 Å². The van der Waals surface area contributed by atoms with Crippen LogP contribution in [0.2, 0.25) is 0 Å². The van der Waals surface area contributed by atoms with E-state index >= 15 is 0 Å². The van der Waals surface area contributed by atoms with Crippen LogP contribution >= 0.6 is 0 Å². The van der Waals surface area contributed by atoms with Crippen LogP contribution in [0.15, 0.2) is 0 Å². The van der Waals surface area contributed by atoms with Crippen molar-refractivity contribution >= 4 is 11.9 Å². The predicted octanol–water partition coefficient (Wildman–Crippen LogP) is 3.54. The minimum Gasteiger partial charge on any atom is -0.444 e. The summed E-state index contributed by atoms with van der Waals surface area (Å²) in [6, 6.07) is -0.454. The molecule has 0 saturated heterocycles. The Morgan fingerprint density at radius 1 is 1.16 bits per heavy atom. The molecule has 0 radical (unpaired) electrons. The van der Waals surface area contributed by atoms with E-state index in [4.69, 9.17) is 4.74 Å². The number of ketones is 1. The lowest BCUT2D eigenvalue weighted by Gasteiger charge is -2.25. The zero-order valence-corrected chi connectivity index (χ0v) is 13.4. The van der Waals surface area contributed by atoms with Crippen molar-refractivity contribution < 1.29 is 14.3 Å². The Balaban J connectivity index is 4.69. The van der Waals surface area contributed by atoms with Crippen molar-refractivity contribution in [1.29, 1.82) is 0 Å². The highest BCUT2D eigenvalue weighted by Crippen LogP contribution is 2.14. The van der Waals surface area contributed by atoms with Crippen LogP contribution in [0, 0.1) is 11.8 Å². The average Bonchev–Trinajstić information content (AvgIpc) is 2.22. The van der Waals surface area contributed by atoms with Crippen molar-refractivity contribution in [3.8, 4) is 0 Å². The van der Waals surface area contributed by atoms with Crippen LogP contribution in [-0.4, -0.2) is 23.5 Å². The third-order valence-electron chi connectivity index (χ3n) is 2.84. The number of alkyl carbamates (subject to hydrolysis) is 1. The van der Waals surface area contributed by atoms with E-state index in [-0.39, 0.29) is 11.7 Å². The normalized spacial score (nSPS) is 14.9. The quantitative estimate of drug-likeness (QED) is 0.804. The van der Waals surface area contributed by atoms with E-state index in [1.165, 1.54) is 0 Å². The molecule has 1 unspecified atom stereocenters. The smallest absolute Gasteiger partial charge is 0.408 e. The largest absolute Gasteiger partial charge is 0.444 e. The second kappa shape index (κ2) is 7.51. The Hall–Kier alpha value is -1.06. The van der Waals surface area contributed by atoms with Gasteiger partial charge in [-0.2, -0.15) is 0 Å². The topological polar surface area (TPSA) is 55.4 Å². The Kier molecular flexibility index (Phi) is 7.09. The minimum atomic E-state index is -0.550. The molecular weight excluding hydrogens is 242 g/mol. The molecule has 2 atom stereocenters. The maximum absolute atomic E-state index is 12.2. The SMILES string of the molecule is CCC(C)C(=O)[C@@H](CC(C)C)NC(=O)OC(C)(C)C. The zero-order chi connectivity index (χ0) is 15.2. The zero-order valence-electron chi connectivity index (χ0n) is 13.4. The molecule has 1 N–H and O–H groups in total. The van der Waals surface area contributed by atoms with Gasteiger partial charge < -0.3 is 10.1 Å². The van der Waals surface area contributed by atoms with E-state index in [0.29, 0.717) is 12.3 Å². The van der Waals surface area contributed by atoms with Crippen molar-refractivity contribution in [3.63, 3.8) is 0 Å². The molecule has 0 heterocycles. The number of ether oxygens (including phenoxy) is 1. The average molecular weight is 271 g/mol. The fourth-order valence-corrected chi connectivity index (χ4v) is 1.71. The molecule has 0 aliphatic carbocycles. The number of rotatable bonds is 6. The second-order valence-corrected chi connectivity index (χ2v) is 6.54. The summed E-state index contributed by atoms with van der Waals surface area (Å²) in [5.41, 5.74) is -0.550. The summed E-state index contributed by atoms with van der Waals surface area (Å²) in [6.45, 7) is 13.4. The standard InChI is InChI=1S/C15H29NO3/c1-8-11(4)13(17)12(9-10(2)3)16-14(18)19-15(5,6)7/h10-12H,8-9H2,1-7H3,(H,16,18)/t11?,12-/m1/s1. The molecule has 0 saturated carbocycles. The first kappa shape index (κ1) is 17.9. The molecule has 0 aliphatic rings. The van der Waals surface area contributed by atoms with Crippen molar-refractivity contribution in [2.24, 2.45) is 11.8 Å². The first-order valence-corrected chi connectivity index (χ1v) is 7.10. The molecular formula is C15H29NO3. The number of hydrogen-bond acceptors (Lipinski definition) is 3. The fourth-order valence-electron chi connectivity index (χ4n) is 1.71. The minimum absolute atomic E-state index is 0.0429. The van der Waals surface area contributed by atoms with E-state index in [1.807, 2.05) is 27.7 Å². The third-order valence-corrected chi connectivity index (χ3v) is 2.84. The first-order chi connectivity index (χ1) is 8.56. The second-order valence-electron chi connectivity index (χ2n) is 6.54. The summed E-state index contributed by atoms with van der Waals surface area (Å²) < 4.78 is 5.21. The van der Waals surface area contributed by atoms with Gasteiger partial charge in [0.25, 0.3) is 0 Å². The third kappa shape index (κ3) is 7.85. The number of carbonyl (C=O) groups excluding carboxylic acids is 2. The molecule has 0 aromatic rings. The van der Waals surface area contributed by atoms with Gasteiger partial charge in [-0.3, -0.25) is 4.79 Å². The summed E-state index contributed by atoms with van der Waals surface area (Å²) in [6.07, 6.45) is 0.904. The number of nitrogens with one attached hydrogen (secondary N) is 1. The lowest BCUT2D eigenvalue weighted by Crippen LogP contribution is -2.45. The van der Waals surface area contributed by atoms with Gasteiger partial charge in [-0.1, -0.05) is 27.7 Å². The molecule has 112 valence electrons. The Morgan fingerprint density at radius 2 is 1.68 bits per heavy atom. The van der Waals surface area contributed by atoms with Gasteiger partial charge >= 0.3 is 6.09 Å². The fraction of sp³-hybridized carbons (Fsp3) is 0.867. The Labute approximate surface area is 117 Å². The maximum atomic E-state index is 12.2. The number of hydrogen-bond donors (Lipinski definition) is 1. The van der Waals surface area contributed by atoms with E-state index < -0.39 is 17.7 Å². The van der Waals surface area contributed by atoms with Crippen molar-refractivity contribution in [2.45, 2.75) is 73.0 Å². The van der Waals surface area contributed by atoms with Gasteiger partial charge in [-0.15, -0.1) is 0 Å². The molecule has 0 aliphatic heterocycles. The van der Waals surface area contributed by atoms with Crippen molar-refractivity contribution in [3.05, 3.63) is 0 Å². The highest BCUT2D eigenvalue weighted by atomic mass is 16.6. The van der Waals surface area contributed by atoms with Crippen molar-refractivity contribution in [1.82, 2.24) is 5.32 Å². The van der Waals surface area contributed by atoms with Crippen LogP contribution in [0.5, 0.6) is 0 Å². The van der Waals surface area contributed by atoms with E-state index in [1.54, 1.807) is 20.8 Å². The van der Waals surface area contributed by atoms with Crippen LogP contribution in [0.1, 0.15) is 61.3 Å². The molecule has 4 heteroatoms. The molecule has 1 amide bonds. The van der Waals surface area contributed by atoms with Gasteiger partial charge in [-0.25, -0.2) is 4.79 Å². The van der Waals surface area contributed by atoms with Crippen LogP contribution in [0.4, 0.5) is 4.79 Å². The van der Waals surface area contributed by atoms with Crippen LogP contribution < -0.4 is 5.32 Å². The summed E-state index contributed by atoms with van der Waals surface area (Å²) in [5, 5.41) is 2.71. The lowest BCUT2D eigenvalue weighted by molar-refractivity contribution is -0.125. The molecule has 0 rings (SSSR count). The predicted molar refractivity (Wildman–Crippen MR) is 77.1 cm³/mol. The molecule has 0 aromatic carbocycles. The highest BCUT2D eigenvalue weighted by molar-refractivity contribution is 5.89. The summed E-state index contributed by atoms with van der Waals surface area (Å²) >= 11 is 0. The Bertz CT molecular complexity index is 305. The van der Waals surface area contributed by atoms with E-state index in [2.05, 4.69) is 5.32 Å². The van der Waals surface area contributed by atoms with Gasteiger partial charge in [0.1, 0.15) is 5.60 Å². The number of amides is 1. The molecule has 0 fully saturated rings. The number of Topliss-reactive ketones (excluding diaryl/α,β-unsaturated/α-hetero) is 1. The molecule has 0 aromatic heterocycles. The maximum Gasteiger partial charge on any atom is 0.408 e. The lowest BCUT2D eigenvalue weighted by atomic mass is 9.92. The first-order valence-electron chi connectivity index (χ1n) is 7.10. The van der Waals surface area contributed by atoms with Crippen molar-refractivity contribution in [2.75, 3.05) is 0 Å². The monoisotopic (exact) mass is 271 g/mol. The van der Waals surface area contributed by atoms with Crippen LogP contribution in [0.25, 0.3) is 0 Å². The molecule has 19 heavy (non-hydrogen) atoms. The van der Waals surface area contributed by atoms with Gasteiger partial charge in [0, 0.05) is 5.92 Å². The molecule has 4 nitrogen and oxygen atoms in total. The summed E-state index contributed by atoms with van der Waals surface area (Å²) in [4.78, 5) is 24.0.